The van der Waals surface area contributed by atoms with E-state index in [2.05, 4.69) is 70.5 Å². The summed E-state index contributed by atoms with van der Waals surface area (Å²) in [6.07, 6.45) is 1.35. The van der Waals surface area contributed by atoms with Crippen LogP contribution in [0.2, 0.25) is 0 Å². The summed E-state index contributed by atoms with van der Waals surface area (Å²) in [5.74, 6) is 0. The highest BCUT2D eigenvalue weighted by molar-refractivity contribution is 5.85. The van der Waals surface area contributed by atoms with Crippen LogP contribution in [0.25, 0.3) is 0 Å². The fourth-order valence-electron chi connectivity index (χ4n) is 3.85. The first kappa shape index (κ1) is 18.3. The smallest absolute Gasteiger partial charge is 0.0242 e. The predicted molar refractivity (Wildman–Crippen MR) is 100 cm³/mol. The van der Waals surface area contributed by atoms with Gasteiger partial charge in [0.25, 0.3) is 0 Å². The number of nitrogens with zero attached hydrogens (tertiary/aromatic N) is 2. The zero-order chi connectivity index (χ0) is 14.1. The van der Waals surface area contributed by atoms with Crippen molar-refractivity contribution in [2.24, 2.45) is 0 Å². The normalized spacial score (nSPS) is 23.3. The van der Waals surface area contributed by atoms with Gasteiger partial charge in [-0.05, 0) is 17.5 Å². The molecule has 0 amide bonds. The molecule has 0 aromatic heterocycles. The van der Waals surface area contributed by atoms with Gasteiger partial charge in [0.2, 0.25) is 0 Å². The molecule has 0 spiro atoms. The molecule has 0 saturated carbocycles. The first-order valence-corrected chi connectivity index (χ1v) is 7.94. The Labute approximate surface area is 151 Å². The van der Waals surface area contributed by atoms with Gasteiger partial charge in [0.1, 0.15) is 0 Å². The summed E-state index contributed by atoms with van der Waals surface area (Å²) in [7, 11) is 0. The fourth-order valence-corrected chi connectivity index (χ4v) is 3.85. The van der Waals surface area contributed by atoms with E-state index in [9.17, 15) is 0 Å². The lowest BCUT2D eigenvalue weighted by molar-refractivity contribution is 0.118. The maximum atomic E-state index is 2.67. The molecule has 2 heterocycles. The first-order chi connectivity index (χ1) is 10.4. The van der Waals surface area contributed by atoms with Crippen LogP contribution in [0.1, 0.15) is 17.5 Å². The fraction of sp³-hybridized carbons (Fsp3) is 0.368. The molecule has 2 aliphatic heterocycles. The van der Waals surface area contributed by atoms with Gasteiger partial charge in [-0.1, -0.05) is 60.7 Å². The summed E-state index contributed by atoms with van der Waals surface area (Å²) < 4.78 is 0. The lowest BCUT2D eigenvalue weighted by atomic mass is 10.1. The van der Waals surface area contributed by atoms with Crippen molar-refractivity contribution < 1.29 is 0 Å². The summed E-state index contributed by atoms with van der Waals surface area (Å²) in [6, 6.07) is 23.2. The minimum Gasteiger partial charge on any atom is -0.293 e. The van der Waals surface area contributed by atoms with Crippen molar-refractivity contribution in [2.45, 2.75) is 31.6 Å². The third-order valence-electron chi connectivity index (χ3n) is 4.92. The van der Waals surface area contributed by atoms with Crippen molar-refractivity contribution in [1.82, 2.24) is 9.80 Å². The number of hydrogen-bond donors (Lipinski definition) is 0. The number of likely N-dealkylation sites (tertiary alicyclic amines) is 2. The van der Waals surface area contributed by atoms with Gasteiger partial charge in [0.15, 0.2) is 0 Å². The maximum absolute atomic E-state index is 2.67. The second-order valence-corrected chi connectivity index (χ2v) is 6.37. The molecule has 2 nitrogen and oxygen atoms in total. The van der Waals surface area contributed by atoms with Crippen molar-refractivity contribution in [3.8, 4) is 0 Å². The summed E-state index contributed by atoms with van der Waals surface area (Å²) in [5, 5.41) is 0. The molecule has 2 saturated heterocycles. The minimum absolute atomic E-state index is 0. The van der Waals surface area contributed by atoms with Crippen LogP contribution in [0, 0.1) is 0 Å². The molecular weight excluding hydrogens is 327 g/mol. The second-order valence-electron chi connectivity index (χ2n) is 6.37. The Morgan fingerprint density at radius 2 is 1.04 bits per heavy atom. The van der Waals surface area contributed by atoms with Gasteiger partial charge in [-0.25, -0.2) is 0 Å². The van der Waals surface area contributed by atoms with Crippen molar-refractivity contribution in [2.75, 3.05) is 13.1 Å². The van der Waals surface area contributed by atoms with Gasteiger partial charge in [-0.15, -0.1) is 24.8 Å². The molecule has 2 atom stereocenters. The Morgan fingerprint density at radius 3 is 1.39 bits per heavy atom. The Balaban J connectivity index is 0.000000960. The van der Waals surface area contributed by atoms with Gasteiger partial charge < -0.3 is 0 Å². The quantitative estimate of drug-likeness (QED) is 0.822. The molecule has 124 valence electrons. The van der Waals surface area contributed by atoms with E-state index in [-0.39, 0.29) is 24.8 Å². The molecule has 0 unspecified atom stereocenters. The number of fused-ring (bicyclic) bond motifs is 2. The molecule has 2 aromatic rings. The molecule has 2 bridgehead atoms. The van der Waals surface area contributed by atoms with Gasteiger partial charge in [-0.3, -0.25) is 9.80 Å². The van der Waals surface area contributed by atoms with Crippen LogP contribution in [0.15, 0.2) is 60.7 Å². The number of piperazine rings is 1. The van der Waals surface area contributed by atoms with Crippen LogP contribution < -0.4 is 0 Å². The van der Waals surface area contributed by atoms with Crippen LogP contribution in [0.5, 0.6) is 0 Å². The zero-order valence-electron chi connectivity index (χ0n) is 13.2. The van der Waals surface area contributed by atoms with E-state index < -0.39 is 0 Å². The third kappa shape index (κ3) is 4.07. The van der Waals surface area contributed by atoms with E-state index in [1.807, 2.05) is 0 Å². The molecule has 4 rings (SSSR count). The van der Waals surface area contributed by atoms with Crippen molar-refractivity contribution in [1.29, 1.82) is 0 Å². The zero-order valence-corrected chi connectivity index (χ0v) is 14.8. The van der Waals surface area contributed by atoms with E-state index in [4.69, 9.17) is 0 Å². The average Bonchev–Trinajstić information content (AvgIpc) is 3.09. The standard InChI is InChI=1S/C19H22N2.2ClH/c1-3-7-16(8-4-1)12-20-14-19-11-18(20)15-21(19)13-17-9-5-2-6-10-17;;/h1-10,18-19H,11-15H2;2*1H/t18-,19-;;/m0../s1. The number of hydrogen-bond acceptors (Lipinski definition) is 2. The molecule has 0 N–H and O–H groups in total. The maximum Gasteiger partial charge on any atom is 0.0242 e. The molecule has 0 aliphatic carbocycles. The second kappa shape index (κ2) is 8.16. The molecule has 0 radical (unpaired) electrons. The van der Waals surface area contributed by atoms with Crippen LogP contribution >= 0.6 is 24.8 Å². The molecule has 4 heteroatoms. The molecule has 2 aliphatic rings. The summed E-state index contributed by atoms with van der Waals surface area (Å²) in [5.41, 5.74) is 2.89. The molecule has 23 heavy (non-hydrogen) atoms. The molecule has 2 fully saturated rings. The van der Waals surface area contributed by atoms with Crippen molar-refractivity contribution in [3.05, 3.63) is 71.8 Å². The number of rotatable bonds is 4. The van der Waals surface area contributed by atoms with Gasteiger partial charge >= 0.3 is 0 Å². The lowest BCUT2D eigenvalue weighted by Gasteiger charge is -2.34. The Bertz CT molecular complexity index is 537. The van der Waals surface area contributed by atoms with E-state index in [0.29, 0.717) is 0 Å². The summed E-state index contributed by atoms with van der Waals surface area (Å²) in [4.78, 5) is 5.34. The number of benzene rings is 2. The highest BCUT2D eigenvalue weighted by atomic mass is 35.5. The van der Waals surface area contributed by atoms with Crippen molar-refractivity contribution >= 4 is 24.8 Å². The largest absolute Gasteiger partial charge is 0.293 e. The molecule has 2 aromatic carbocycles. The highest BCUT2D eigenvalue weighted by Gasteiger charge is 2.42. The lowest BCUT2D eigenvalue weighted by Crippen LogP contribution is -2.45. The van der Waals surface area contributed by atoms with Gasteiger partial charge in [0.05, 0.1) is 0 Å². The van der Waals surface area contributed by atoms with Crippen LogP contribution in [-0.2, 0) is 13.1 Å². The highest BCUT2D eigenvalue weighted by Crippen LogP contribution is 2.32. The van der Waals surface area contributed by atoms with E-state index in [0.717, 1.165) is 25.2 Å². The third-order valence-corrected chi connectivity index (χ3v) is 4.92. The summed E-state index contributed by atoms with van der Waals surface area (Å²) >= 11 is 0. The van der Waals surface area contributed by atoms with Crippen molar-refractivity contribution in [3.63, 3.8) is 0 Å². The van der Waals surface area contributed by atoms with Crippen LogP contribution in [0.3, 0.4) is 0 Å². The van der Waals surface area contributed by atoms with Crippen LogP contribution in [0.4, 0.5) is 0 Å². The van der Waals surface area contributed by atoms with E-state index >= 15 is 0 Å². The average molecular weight is 351 g/mol. The Morgan fingerprint density at radius 1 is 0.652 bits per heavy atom. The van der Waals surface area contributed by atoms with Gasteiger partial charge in [0, 0.05) is 38.3 Å². The monoisotopic (exact) mass is 350 g/mol. The molecular formula is C19H24Cl2N2. The Hall–Kier alpha value is -1.06. The topological polar surface area (TPSA) is 6.48 Å². The SMILES string of the molecule is Cl.Cl.c1ccc(CN2C[C@@H]3C[C@H]2CN3Cc2ccccc2)cc1. The number of halogens is 2. The predicted octanol–water partition coefficient (Wildman–Crippen LogP) is 3.99. The first-order valence-electron chi connectivity index (χ1n) is 7.94. The van der Waals surface area contributed by atoms with Crippen LogP contribution in [-0.4, -0.2) is 35.0 Å². The van der Waals surface area contributed by atoms with E-state index in [1.165, 1.54) is 30.6 Å². The Kier molecular flexibility index (Phi) is 6.49. The minimum atomic E-state index is 0. The van der Waals surface area contributed by atoms with E-state index in [1.54, 1.807) is 0 Å². The van der Waals surface area contributed by atoms with Gasteiger partial charge in [-0.2, -0.15) is 0 Å². The summed E-state index contributed by atoms with van der Waals surface area (Å²) in [6.45, 7) is 4.68.